The number of hydrogen-bond acceptors (Lipinski definition) is 5. The topological polar surface area (TPSA) is 76.7 Å². The molecule has 2 amide bonds. The minimum absolute atomic E-state index is 0.148. The number of aryl methyl sites for hydroxylation is 1. The van der Waals surface area contributed by atoms with Gasteiger partial charge in [-0.15, -0.1) is 11.8 Å². The summed E-state index contributed by atoms with van der Waals surface area (Å²) in [7, 11) is 3.09. The lowest BCUT2D eigenvalue weighted by atomic mass is 10.2. The Balaban J connectivity index is 1.86. The number of methoxy groups -OCH3 is 2. The normalized spacial score (nSPS) is 11.4. The lowest BCUT2D eigenvalue weighted by Crippen LogP contribution is -2.25. The van der Waals surface area contributed by atoms with Crippen molar-refractivity contribution >= 4 is 35.0 Å². The minimum Gasteiger partial charge on any atom is -0.497 e. The van der Waals surface area contributed by atoms with Crippen molar-refractivity contribution in [1.29, 1.82) is 0 Å². The maximum atomic E-state index is 12.4. The molecule has 0 bridgehead atoms. The zero-order valence-electron chi connectivity index (χ0n) is 15.9. The van der Waals surface area contributed by atoms with Crippen molar-refractivity contribution in [3.63, 3.8) is 0 Å². The summed E-state index contributed by atoms with van der Waals surface area (Å²) in [6, 6.07) is 12.7. The van der Waals surface area contributed by atoms with Crippen LogP contribution in [0.1, 0.15) is 12.5 Å². The standard InChI is InChI=1S/C20H24N2O4S/c1-13-5-7-15(8-6-13)21-19(23)12-27-14(2)20(24)22-17-10-9-16(25-3)11-18(17)26-4/h5-11,14H,12H2,1-4H3,(H,21,23)(H,22,24)/t14-/m0/s1. The molecule has 0 saturated carbocycles. The fourth-order valence-corrected chi connectivity index (χ4v) is 2.93. The molecule has 144 valence electrons. The van der Waals surface area contributed by atoms with Crippen LogP contribution in [0.3, 0.4) is 0 Å². The van der Waals surface area contributed by atoms with Gasteiger partial charge in [0.1, 0.15) is 11.5 Å². The van der Waals surface area contributed by atoms with Crippen molar-refractivity contribution < 1.29 is 19.1 Å². The molecule has 0 radical (unpaired) electrons. The molecule has 6 nitrogen and oxygen atoms in total. The van der Waals surface area contributed by atoms with Gasteiger partial charge in [-0.3, -0.25) is 9.59 Å². The van der Waals surface area contributed by atoms with Crippen LogP contribution >= 0.6 is 11.8 Å². The van der Waals surface area contributed by atoms with Crippen LogP contribution < -0.4 is 20.1 Å². The van der Waals surface area contributed by atoms with Crippen LogP contribution in [-0.2, 0) is 9.59 Å². The Morgan fingerprint density at radius 2 is 1.74 bits per heavy atom. The lowest BCUT2D eigenvalue weighted by Gasteiger charge is -2.15. The van der Waals surface area contributed by atoms with Gasteiger partial charge in [-0.05, 0) is 38.1 Å². The number of nitrogens with one attached hydrogen (secondary N) is 2. The number of benzene rings is 2. The van der Waals surface area contributed by atoms with Crippen LogP contribution in [0.15, 0.2) is 42.5 Å². The number of rotatable bonds is 8. The first kappa shape index (κ1) is 20.6. The molecular formula is C20H24N2O4S. The van der Waals surface area contributed by atoms with E-state index in [0.717, 1.165) is 11.3 Å². The van der Waals surface area contributed by atoms with E-state index in [1.807, 2.05) is 31.2 Å². The fraction of sp³-hybridized carbons (Fsp3) is 0.300. The number of thioether (sulfide) groups is 1. The van der Waals surface area contributed by atoms with Crippen molar-refractivity contribution in [1.82, 2.24) is 0 Å². The summed E-state index contributed by atoms with van der Waals surface area (Å²) in [6.45, 7) is 3.74. The molecule has 0 aliphatic heterocycles. The SMILES string of the molecule is COc1ccc(NC(=O)[C@H](C)SCC(=O)Nc2ccc(C)cc2)c(OC)c1. The van der Waals surface area contributed by atoms with E-state index in [0.29, 0.717) is 17.2 Å². The molecule has 27 heavy (non-hydrogen) atoms. The molecule has 0 saturated heterocycles. The van der Waals surface area contributed by atoms with Crippen molar-refractivity contribution in [2.24, 2.45) is 0 Å². The number of carbonyl (C=O) groups is 2. The zero-order chi connectivity index (χ0) is 19.8. The van der Waals surface area contributed by atoms with Gasteiger partial charge in [-0.2, -0.15) is 0 Å². The van der Waals surface area contributed by atoms with Crippen molar-refractivity contribution in [2.75, 3.05) is 30.6 Å². The second kappa shape index (κ2) is 9.87. The first-order chi connectivity index (χ1) is 12.9. The highest BCUT2D eigenvalue weighted by Gasteiger charge is 2.17. The second-order valence-corrected chi connectivity index (χ2v) is 7.25. The van der Waals surface area contributed by atoms with Gasteiger partial charge in [0.15, 0.2) is 0 Å². The van der Waals surface area contributed by atoms with Gasteiger partial charge in [-0.25, -0.2) is 0 Å². The van der Waals surface area contributed by atoms with Crippen LogP contribution in [0, 0.1) is 6.92 Å². The summed E-state index contributed by atoms with van der Waals surface area (Å²) in [5.74, 6) is 0.983. The highest BCUT2D eigenvalue weighted by molar-refractivity contribution is 8.01. The van der Waals surface area contributed by atoms with E-state index in [9.17, 15) is 9.59 Å². The van der Waals surface area contributed by atoms with Gasteiger partial charge in [0.25, 0.3) is 0 Å². The summed E-state index contributed by atoms with van der Waals surface area (Å²) in [5, 5.41) is 5.24. The summed E-state index contributed by atoms with van der Waals surface area (Å²) in [6.07, 6.45) is 0. The molecular weight excluding hydrogens is 364 g/mol. The lowest BCUT2D eigenvalue weighted by molar-refractivity contribution is -0.115. The molecule has 0 aliphatic rings. The Labute approximate surface area is 163 Å². The molecule has 7 heteroatoms. The predicted molar refractivity (Wildman–Crippen MR) is 110 cm³/mol. The predicted octanol–water partition coefficient (Wildman–Crippen LogP) is 3.71. The van der Waals surface area contributed by atoms with Crippen molar-refractivity contribution in [3.05, 3.63) is 48.0 Å². The Hall–Kier alpha value is -2.67. The molecule has 0 spiro atoms. The fourth-order valence-electron chi connectivity index (χ4n) is 2.25. The van der Waals surface area contributed by atoms with E-state index in [2.05, 4.69) is 10.6 Å². The average molecular weight is 388 g/mol. The van der Waals surface area contributed by atoms with E-state index in [-0.39, 0.29) is 17.6 Å². The summed E-state index contributed by atoms with van der Waals surface area (Å²) in [4.78, 5) is 24.4. The third kappa shape index (κ3) is 6.21. The molecule has 1 atom stereocenters. The van der Waals surface area contributed by atoms with Gasteiger partial charge in [0, 0.05) is 11.8 Å². The molecule has 0 unspecified atom stereocenters. The smallest absolute Gasteiger partial charge is 0.237 e. The summed E-state index contributed by atoms with van der Waals surface area (Å²) in [5.41, 5.74) is 2.42. The molecule has 0 heterocycles. The van der Waals surface area contributed by atoms with Crippen LogP contribution in [0.5, 0.6) is 11.5 Å². The van der Waals surface area contributed by atoms with Crippen molar-refractivity contribution in [3.8, 4) is 11.5 Å². The highest BCUT2D eigenvalue weighted by Crippen LogP contribution is 2.29. The number of carbonyl (C=O) groups excluding carboxylic acids is 2. The average Bonchev–Trinajstić information content (AvgIpc) is 2.68. The van der Waals surface area contributed by atoms with Gasteiger partial charge in [-0.1, -0.05) is 17.7 Å². The second-order valence-electron chi connectivity index (χ2n) is 5.92. The van der Waals surface area contributed by atoms with Gasteiger partial charge < -0.3 is 20.1 Å². The first-order valence-electron chi connectivity index (χ1n) is 8.44. The monoisotopic (exact) mass is 388 g/mol. The minimum atomic E-state index is -0.402. The quantitative estimate of drug-likeness (QED) is 0.721. The Morgan fingerprint density at radius 1 is 1.04 bits per heavy atom. The molecule has 0 aromatic heterocycles. The van der Waals surface area contributed by atoms with E-state index in [1.165, 1.54) is 18.9 Å². The van der Waals surface area contributed by atoms with Crippen LogP contribution in [0.25, 0.3) is 0 Å². The van der Waals surface area contributed by atoms with E-state index in [1.54, 1.807) is 32.2 Å². The van der Waals surface area contributed by atoms with E-state index >= 15 is 0 Å². The highest BCUT2D eigenvalue weighted by atomic mass is 32.2. The van der Waals surface area contributed by atoms with E-state index in [4.69, 9.17) is 9.47 Å². The molecule has 2 aromatic carbocycles. The molecule has 2 rings (SSSR count). The summed E-state index contributed by atoms with van der Waals surface area (Å²) < 4.78 is 10.4. The number of hydrogen-bond donors (Lipinski definition) is 2. The van der Waals surface area contributed by atoms with Crippen molar-refractivity contribution in [2.45, 2.75) is 19.1 Å². The van der Waals surface area contributed by atoms with E-state index < -0.39 is 5.25 Å². The van der Waals surface area contributed by atoms with Gasteiger partial charge in [0.05, 0.1) is 30.9 Å². The zero-order valence-corrected chi connectivity index (χ0v) is 16.7. The van der Waals surface area contributed by atoms with Crippen LogP contribution in [-0.4, -0.2) is 37.0 Å². The largest absolute Gasteiger partial charge is 0.497 e. The Bertz CT molecular complexity index is 793. The van der Waals surface area contributed by atoms with Crippen LogP contribution in [0.4, 0.5) is 11.4 Å². The number of amides is 2. The van der Waals surface area contributed by atoms with Gasteiger partial charge >= 0.3 is 0 Å². The number of anilines is 2. The third-order valence-electron chi connectivity index (χ3n) is 3.84. The molecule has 0 fully saturated rings. The molecule has 2 aromatic rings. The van der Waals surface area contributed by atoms with Crippen LogP contribution in [0.2, 0.25) is 0 Å². The molecule has 0 aliphatic carbocycles. The Kier molecular flexibility index (Phi) is 7.55. The maximum absolute atomic E-state index is 12.4. The summed E-state index contributed by atoms with van der Waals surface area (Å²) >= 11 is 1.27. The molecule has 2 N–H and O–H groups in total. The Morgan fingerprint density at radius 3 is 2.37 bits per heavy atom. The first-order valence-corrected chi connectivity index (χ1v) is 9.49. The maximum Gasteiger partial charge on any atom is 0.237 e. The van der Waals surface area contributed by atoms with Gasteiger partial charge in [0.2, 0.25) is 11.8 Å². The number of ether oxygens (including phenoxy) is 2. The third-order valence-corrected chi connectivity index (χ3v) is 4.98.